The molecule has 0 spiro atoms. The van der Waals surface area contributed by atoms with E-state index in [2.05, 4.69) is 16.0 Å². The largest absolute Gasteiger partial charge is 0.352 e. The first-order valence-electron chi connectivity index (χ1n) is 10.1. The lowest BCUT2D eigenvalue weighted by Crippen LogP contribution is -2.27. The van der Waals surface area contributed by atoms with E-state index in [1.807, 2.05) is 35.7 Å². The number of rotatable bonds is 9. The summed E-state index contributed by atoms with van der Waals surface area (Å²) in [5.74, 6) is 0.0552. The van der Waals surface area contributed by atoms with Gasteiger partial charge in [0.15, 0.2) is 0 Å². The van der Waals surface area contributed by atoms with Gasteiger partial charge in [-0.05, 0) is 48.4 Å². The molecule has 1 aromatic heterocycles. The molecule has 0 unspecified atom stereocenters. The maximum absolute atomic E-state index is 12.3. The monoisotopic (exact) mass is 413 g/mol. The zero-order valence-corrected chi connectivity index (χ0v) is 17.2. The van der Waals surface area contributed by atoms with Crippen LogP contribution in [0.2, 0.25) is 0 Å². The summed E-state index contributed by atoms with van der Waals surface area (Å²) in [6.45, 7) is 0.875. The molecule has 3 amide bonds. The summed E-state index contributed by atoms with van der Waals surface area (Å²) >= 11 is 1.40. The number of hydrogen-bond acceptors (Lipinski definition) is 4. The minimum Gasteiger partial charge on any atom is -0.352 e. The molecule has 1 aliphatic rings. The van der Waals surface area contributed by atoms with Gasteiger partial charge in [0.05, 0.1) is 4.88 Å². The van der Waals surface area contributed by atoms with Crippen LogP contribution < -0.4 is 16.0 Å². The summed E-state index contributed by atoms with van der Waals surface area (Å²) in [5, 5.41) is 10.5. The molecule has 0 atom stereocenters. The molecule has 1 fully saturated rings. The number of anilines is 1. The normalized spacial score (nSPS) is 13.8. The lowest BCUT2D eigenvalue weighted by molar-refractivity contribution is -0.121. The van der Waals surface area contributed by atoms with Gasteiger partial charge in [0.25, 0.3) is 5.91 Å². The summed E-state index contributed by atoms with van der Waals surface area (Å²) in [6.07, 6.45) is 5.12. The van der Waals surface area contributed by atoms with Crippen molar-refractivity contribution in [2.45, 2.75) is 45.1 Å². The Morgan fingerprint density at radius 3 is 2.62 bits per heavy atom. The molecule has 0 saturated heterocycles. The molecule has 3 rings (SSSR count). The highest BCUT2D eigenvalue weighted by Crippen LogP contribution is 2.26. The molecule has 6 nitrogen and oxygen atoms in total. The van der Waals surface area contributed by atoms with E-state index >= 15 is 0 Å². The van der Waals surface area contributed by atoms with Gasteiger partial charge in [-0.2, -0.15) is 0 Å². The summed E-state index contributed by atoms with van der Waals surface area (Å²) in [7, 11) is 0. The van der Waals surface area contributed by atoms with Crippen molar-refractivity contribution in [2.24, 2.45) is 5.92 Å². The number of benzene rings is 1. The molecule has 0 aliphatic heterocycles. The highest BCUT2D eigenvalue weighted by atomic mass is 32.1. The third-order valence-electron chi connectivity index (χ3n) is 5.02. The van der Waals surface area contributed by atoms with Crippen LogP contribution in [0.25, 0.3) is 0 Å². The Morgan fingerprint density at radius 2 is 1.86 bits per heavy atom. The predicted octanol–water partition coefficient (Wildman–Crippen LogP) is 3.70. The van der Waals surface area contributed by atoms with Crippen molar-refractivity contribution in [1.82, 2.24) is 10.6 Å². The van der Waals surface area contributed by atoms with Crippen LogP contribution in [-0.4, -0.2) is 24.3 Å². The Balaban J connectivity index is 1.35. The molecule has 0 bridgehead atoms. The summed E-state index contributed by atoms with van der Waals surface area (Å²) in [6, 6.07) is 11.2. The van der Waals surface area contributed by atoms with Crippen molar-refractivity contribution in [3.63, 3.8) is 0 Å². The summed E-state index contributed by atoms with van der Waals surface area (Å²) in [5.41, 5.74) is 1.71. The van der Waals surface area contributed by atoms with Gasteiger partial charge < -0.3 is 16.0 Å². The molecule has 1 aliphatic carbocycles. The Kier molecular flexibility index (Phi) is 7.81. The van der Waals surface area contributed by atoms with Crippen molar-refractivity contribution in [2.75, 3.05) is 11.9 Å². The standard InChI is InChI=1S/C22H27N3O3S/c26-20(11-4-12-23-22(28)19-10-5-13-29-19)24-15-16-6-3-9-18(14-16)25-21(27)17-7-1-2-8-17/h3,5-6,9-10,13-14,17H,1-2,4,7-8,11-12,15H2,(H,23,28)(H,24,26)(H,25,27). The van der Waals surface area contributed by atoms with Crippen LogP contribution in [0, 0.1) is 5.92 Å². The highest BCUT2D eigenvalue weighted by Gasteiger charge is 2.22. The van der Waals surface area contributed by atoms with Crippen molar-refractivity contribution in [3.05, 3.63) is 52.2 Å². The number of hydrogen-bond donors (Lipinski definition) is 3. The first-order valence-corrected chi connectivity index (χ1v) is 11.0. The van der Waals surface area contributed by atoms with E-state index in [1.54, 1.807) is 6.07 Å². The third kappa shape index (κ3) is 6.71. The van der Waals surface area contributed by atoms with Crippen molar-refractivity contribution in [3.8, 4) is 0 Å². The van der Waals surface area contributed by atoms with Gasteiger partial charge in [-0.15, -0.1) is 11.3 Å². The second-order valence-corrected chi connectivity index (χ2v) is 8.23. The van der Waals surface area contributed by atoms with Crippen molar-refractivity contribution in [1.29, 1.82) is 0 Å². The van der Waals surface area contributed by atoms with E-state index in [-0.39, 0.29) is 23.6 Å². The summed E-state index contributed by atoms with van der Waals surface area (Å²) in [4.78, 5) is 36.8. The van der Waals surface area contributed by atoms with E-state index in [1.165, 1.54) is 11.3 Å². The number of carbonyl (C=O) groups is 3. The predicted molar refractivity (Wildman–Crippen MR) is 115 cm³/mol. The zero-order chi connectivity index (χ0) is 20.5. The fourth-order valence-corrected chi connectivity index (χ4v) is 4.07. The summed E-state index contributed by atoms with van der Waals surface area (Å²) < 4.78 is 0. The Morgan fingerprint density at radius 1 is 1.03 bits per heavy atom. The zero-order valence-electron chi connectivity index (χ0n) is 16.4. The second kappa shape index (κ2) is 10.8. The van der Waals surface area contributed by atoms with Crippen molar-refractivity contribution >= 4 is 34.7 Å². The van der Waals surface area contributed by atoms with Crippen LogP contribution in [0.4, 0.5) is 5.69 Å². The van der Waals surface area contributed by atoms with E-state index in [0.29, 0.717) is 30.8 Å². The van der Waals surface area contributed by atoms with Crippen LogP contribution in [0.3, 0.4) is 0 Å². The highest BCUT2D eigenvalue weighted by molar-refractivity contribution is 7.12. The smallest absolute Gasteiger partial charge is 0.261 e. The SMILES string of the molecule is O=C(CCCNC(=O)c1cccs1)NCc1cccc(NC(=O)C2CCCC2)c1. The van der Waals surface area contributed by atoms with Gasteiger partial charge in [0.2, 0.25) is 11.8 Å². The van der Waals surface area contributed by atoms with Gasteiger partial charge in [0.1, 0.15) is 0 Å². The molecular formula is C22H27N3O3S. The number of carbonyl (C=O) groups excluding carboxylic acids is 3. The van der Waals surface area contributed by atoms with E-state index in [0.717, 1.165) is 36.9 Å². The van der Waals surface area contributed by atoms with Gasteiger partial charge in [-0.1, -0.05) is 31.0 Å². The van der Waals surface area contributed by atoms with Crippen molar-refractivity contribution < 1.29 is 14.4 Å². The first kappa shape index (κ1) is 21.0. The molecule has 2 aromatic rings. The minimum absolute atomic E-state index is 0.0595. The molecular weight excluding hydrogens is 386 g/mol. The van der Waals surface area contributed by atoms with E-state index in [4.69, 9.17) is 0 Å². The van der Waals surface area contributed by atoms with Crippen LogP contribution >= 0.6 is 11.3 Å². The average Bonchev–Trinajstić information content (AvgIpc) is 3.44. The maximum atomic E-state index is 12.3. The average molecular weight is 414 g/mol. The fourth-order valence-electron chi connectivity index (χ4n) is 3.43. The van der Waals surface area contributed by atoms with Gasteiger partial charge in [0, 0.05) is 31.1 Å². The second-order valence-electron chi connectivity index (χ2n) is 7.28. The molecule has 1 aromatic carbocycles. The maximum Gasteiger partial charge on any atom is 0.261 e. The van der Waals surface area contributed by atoms with Gasteiger partial charge in [-0.3, -0.25) is 14.4 Å². The Labute approximate surface area is 175 Å². The van der Waals surface area contributed by atoms with Gasteiger partial charge >= 0.3 is 0 Å². The quantitative estimate of drug-likeness (QED) is 0.548. The third-order valence-corrected chi connectivity index (χ3v) is 5.89. The van der Waals surface area contributed by atoms with Crippen LogP contribution in [0.1, 0.15) is 53.8 Å². The fraction of sp³-hybridized carbons (Fsp3) is 0.409. The molecule has 154 valence electrons. The molecule has 3 N–H and O–H groups in total. The van der Waals surface area contributed by atoms with E-state index < -0.39 is 0 Å². The molecule has 0 radical (unpaired) electrons. The molecule has 1 heterocycles. The molecule has 7 heteroatoms. The van der Waals surface area contributed by atoms with Crippen LogP contribution in [0.15, 0.2) is 41.8 Å². The van der Waals surface area contributed by atoms with E-state index in [9.17, 15) is 14.4 Å². The van der Waals surface area contributed by atoms with Crippen LogP contribution in [-0.2, 0) is 16.1 Å². The number of thiophene rings is 1. The van der Waals surface area contributed by atoms with Gasteiger partial charge in [-0.25, -0.2) is 0 Å². The topological polar surface area (TPSA) is 87.3 Å². The lowest BCUT2D eigenvalue weighted by atomic mass is 10.1. The Hall–Kier alpha value is -2.67. The van der Waals surface area contributed by atoms with Crippen LogP contribution in [0.5, 0.6) is 0 Å². The molecule has 29 heavy (non-hydrogen) atoms. The number of amides is 3. The number of nitrogens with one attached hydrogen (secondary N) is 3. The minimum atomic E-state index is -0.100. The Bertz CT molecular complexity index is 830. The lowest BCUT2D eigenvalue weighted by Gasteiger charge is -2.12. The first-order chi connectivity index (χ1) is 14.1. The molecule has 1 saturated carbocycles.